The van der Waals surface area contributed by atoms with Crippen molar-refractivity contribution in [3.8, 4) is 12.3 Å². The van der Waals surface area contributed by atoms with E-state index < -0.39 is 0 Å². The second-order valence-corrected chi connectivity index (χ2v) is 6.15. The number of terminal acetylenes is 1. The van der Waals surface area contributed by atoms with Crippen LogP contribution in [0.25, 0.3) is 0 Å². The van der Waals surface area contributed by atoms with Crippen molar-refractivity contribution in [3.05, 3.63) is 21.9 Å². The Labute approximate surface area is 115 Å². The van der Waals surface area contributed by atoms with Crippen LogP contribution in [0.4, 0.5) is 0 Å². The van der Waals surface area contributed by atoms with E-state index in [4.69, 9.17) is 6.42 Å². The highest BCUT2D eigenvalue weighted by Crippen LogP contribution is 2.18. The fourth-order valence-corrected chi connectivity index (χ4v) is 2.75. The molecule has 18 heavy (non-hydrogen) atoms. The Morgan fingerprint density at radius 3 is 2.72 bits per heavy atom. The Bertz CT molecular complexity index is 376. The van der Waals surface area contributed by atoms with Crippen molar-refractivity contribution in [3.63, 3.8) is 0 Å². The molecule has 0 amide bonds. The quantitative estimate of drug-likeness (QED) is 0.726. The maximum absolute atomic E-state index is 5.36. The molecule has 0 bridgehead atoms. The lowest BCUT2D eigenvalue weighted by atomic mass is 10.2. The zero-order valence-electron chi connectivity index (χ0n) is 11.7. The van der Waals surface area contributed by atoms with Gasteiger partial charge in [0.15, 0.2) is 0 Å². The zero-order valence-corrected chi connectivity index (χ0v) is 12.5. The summed E-state index contributed by atoms with van der Waals surface area (Å²) in [5.74, 6) is 3.42. The SMILES string of the molecule is C#CCN(CC)Cc1ccc(CNCC(C)C)s1. The van der Waals surface area contributed by atoms with E-state index in [1.165, 1.54) is 9.75 Å². The Hall–Kier alpha value is -0.820. The minimum Gasteiger partial charge on any atom is -0.312 e. The van der Waals surface area contributed by atoms with Gasteiger partial charge in [0, 0.05) is 22.8 Å². The smallest absolute Gasteiger partial charge is 0.0601 e. The van der Waals surface area contributed by atoms with Crippen LogP contribution in [0.5, 0.6) is 0 Å². The summed E-state index contributed by atoms with van der Waals surface area (Å²) < 4.78 is 0. The van der Waals surface area contributed by atoms with Crippen LogP contribution in [-0.2, 0) is 13.1 Å². The average Bonchev–Trinajstić information content (AvgIpc) is 2.76. The van der Waals surface area contributed by atoms with Crippen molar-refractivity contribution < 1.29 is 0 Å². The first-order valence-electron chi connectivity index (χ1n) is 6.59. The van der Waals surface area contributed by atoms with Gasteiger partial charge < -0.3 is 5.32 Å². The van der Waals surface area contributed by atoms with Crippen LogP contribution in [0.1, 0.15) is 30.5 Å². The third-order valence-corrected chi connectivity index (χ3v) is 3.78. The fourth-order valence-electron chi connectivity index (χ4n) is 1.72. The summed E-state index contributed by atoms with van der Waals surface area (Å²) >= 11 is 1.88. The first-order chi connectivity index (χ1) is 8.65. The van der Waals surface area contributed by atoms with Gasteiger partial charge in [-0.05, 0) is 31.1 Å². The number of hydrogen-bond donors (Lipinski definition) is 1. The minimum absolute atomic E-state index is 0.704. The molecule has 0 atom stereocenters. The van der Waals surface area contributed by atoms with E-state index in [1.54, 1.807) is 0 Å². The van der Waals surface area contributed by atoms with Gasteiger partial charge in [0.05, 0.1) is 6.54 Å². The Balaban J connectivity index is 2.40. The van der Waals surface area contributed by atoms with Crippen LogP contribution < -0.4 is 5.32 Å². The Morgan fingerprint density at radius 1 is 1.39 bits per heavy atom. The molecule has 100 valence electrons. The molecule has 1 N–H and O–H groups in total. The molecule has 0 aliphatic heterocycles. The molecule has 0 spiro atoms. The minimum atomic E-state index is 0.704. The number of hydrogen-bond acceptors (Lipinski definition) is 3. The topological polar surface area (TPSA) is 15.3 Å². The molecule has 1 heterocycles. The van der Waals surface area contributed by atoms with E-state index in [9.17, 15) is 0 Å². The highest BCUT2D eigenvalue weighted by molar-refractivity contribution is 7.11. The summed E-state index contributed by atoms with van der Waals surface area (Å²) in [4.78, 5) is 5.08. The van der Waals surface area contributed by atoms with E-state index in [0.29, 0.717) is 5.92 Å². The maximum Gasteiger partial charge on any atom is 0.0601 e. The summed E-state index contributed by atoms with van der Waals surface area (Å²) in [7, 11) is 0. The maximum atomic E-state index is 5.36. The van der Waals surface area contributed by atoms with E-state index in [0.717, 1.165) is 32.7 Å². The molecule has 0 aromatic carbocycles. The Kier molecular flexibility index (Phi) is 7.04. The van der Waals surface area contributed by atoms with Crippen molar-refractivity contribution in [2.24, 2.45) is 5.92 Å². The van der Waals surface area contributed by atoms with E-state index in [-0.39, 0.29) is 0 Å². The zero-order chi connectivity index (χ0) is 13.4. The summed E-state index contributed by atoms with van der Waals surface area (Å²) in [5, 5.41) is 3.47. The van der Waals surface area contributed by atoms with Gasteiger partial charge in [-0.3, -0.25) is 4.90 Å². The fraction of sp³-hybridized carbons (Fsp3) is 0.600. The van der Waals surface area contributed by atoms with Crippen molar-refractivity contribution in [1.29, 1.82) is 0 Å². The van der Waals surface area contributed by atoms with Crippen LogP contribution in [0.2, 0.25) is 0 Å². The van der Waals surface area contributed by atoms with Crippen molar-refractivity contribution in [2.45, 2.75) is 33.9 Å². The average molecular weight is 264 g/mol. The summed E-state index contributed by atoms with van der Waals surface area (Å²) in [6.07, 6.45) is 5.36. The molecule has 1 rings (SSSR count). The van der Waals surface area contributed by atoms with Gasteiger partial charge in [-0.1, -0.05) is 26.7 Å². The molecule has 0 aliphatic carbocycles. The van der Waals surface area contributed by atoms with Crippen molar-refractivity contribution in [2.75, 3.05) is 19.6 Å². The van der Waals surface area contributed by atoms with E-state index in [2.05, 4.69) is 49.0 Å². The van der Waals surface area contributed by atoms with Crippen LogP contribution in [0.15, 0.2) is 12.1 Å². The third-order valence-electron chi connectivity index (χ3n) is 2.71. The third kappa shape index (κ3) is 5.68. The first-order valence-corrected chi connectivity index (χ1v) is 7.41. The van der Waals surface area contributed by atoms with Crippen molar-refractivity contribution >= 4 is 11.3 Å². The lowest BCUT2D eigenvalue weighted by Gasteiger charge is -2.15. The van der Waals surface area contributed by atoms with Gasteiger partial charge in [-0.2, -0.15) is 0 Å². The summed E-state index contributed by atoms with van der Waals surface area (Å²) in [5.41, 5.74) is 0. The van der Waals surface area contributed by atoms with E-state index >= 15 is 0 Å². The number of rotatable bonds is 8. The van der Waals surface area contributed by atoms with Gasteiger partial charge in [0.25, 0.3) is 0 Å². The van der Waals surface area contributed by atoms with Crippen molar-refractivity contribution in [1.82, 2.24) is 10.2 Å². The monoisotopic (exact) mass is 264 g/mol. The van der Waals surface area contributed by atoms with Crippen LogP contribution in [0, 0.1) is 18.3 Å². The highest BCUT2D eigenvalue weighted by atomic mass is 32.1. The number of nitrogens with zero attached hydrogens (tertiary/aromatic N) is 1. The molecule has 0 radical (unpaired) electrons. The predicted octanol–water partition coefficient (Wildman–Crippen LogP) is 2.95. The highest BCUT2D eigenvalue weighted by Gasteiger charge is 2.05. The van der Waals surface area contributed by atoms with E-state index in [1.807, 2.05) is 11.3 Å². The number of thiophene rings is 1. The lowest BCUT2D eigenvalue weighted by molar-refractivity contribution is 0.319. The molecule has 2 nitrogen and oxygen atoms in total. The molecule has 0 fully saturated rings. The molecule has 1 aromatic heterocycles. The molecular weight excluding hydrogens is 240 g/mol. The summed E-state index contributed by atoms with van der Waals surface area (Å²) in [6.45, 7) is 11.4. The molecule has 1 aromatic rings. The number of nitrogens with one attached hydrogen (secondary N) is 1. The molecular formula is C15H24N2S. The molecule has 0 saturated carbocycles. The Morgan fingerprint density at radius 2 is 2.11 bits per heavy atom. The molecule has 0 aliphatic rings. The second kappa shape index (κ2) is 8.31. The largest absolute Gasteiger partial charge is 0.312 e. The first kappa shape index (κ1) is 15.2. The van der Waals surface area contributed by atoms with Crippen LogP contribution in [-0.4, -0.2) is 24.5 Å². The molecule has 0 unspecified atom stereocenters. The summed E-state index contributed by atoms with van der Waals surface area (Å²) in [6, 6.07) is 4.44. The normalized spacial score (nSPS) is 11.1. The van der Waals surface area contributed by atoms with Gasteiger partial charge in [0.2, 0.25) is 0 Å². The van der Waals surface area contributed by atoms with Gasteiger partial charge >= 0.3 is 0 Å². The standard InChI is InChI=1S/C15H24N2S/c1-5-9-17(6-2)12-15-8-7-14(18-15)11-16-10-13(3)4/h1,7-8,13,16H,6,9-12H2,2-4H3. The van der Waals surface area contributed by atoms with Crippen LogP contribution in [0.3, 0.4) is 0 Å². The molecule has 0 saturated heterocycles. The van der Waals surface area contributed by atoms with Gasteiger partial charge in [-0.25, -0.2) is 0 Å². The lowest BCUT2D eigenvalue weighted by Crippen LogP contribution is -2.22. The second-order valence-electron chi connectivity index (χ2n) is 4.90. The predicted molar refractivity (Wildman–Crippen MR) is 80.6 cm³/mol. The van der Waals surface area contributed by atoms with Gasteiger partial charge in [0.1, 0.15) is 0 Å². The van der Waals surface area contributed by atoms with Crippen LogP contribution >= 0.6 is 11.3 Å². The van der Waals surface area contributed by atoms with Gasteiger partial charge in [-0.15, -0.1) is 17.8 Å². The molecule has 3 heteroatoms.